The van der Waals surface area contributed by atoms with Crippen molar-refractivity contribution in [2.75, 3.05) is 0 Å². The van der Waals surface area contributed by atoms with Gasteiger partial charge in [0.05, 0.1) is 5.02 Å². The average Bonchev–Trinajstić information content (AvgIpc) is 2.16. The van der Waals surface area contributed by atoms with Crippen molar-refractivity contribution in [1.29, 1.82) is 0 Å². The van der Waals surface area contributed by atoms with Crippen LogP contribution in [0.4, 0.5) is 0 Å². The molecule has 0 aliphatic carbocycles. The Labute approximate surface area is 90.1 Å². The predicted octanol–water partition coefficient (Wildman–Crippen LogP) is 3.41. The summed E-state index contributed by atoms with van der Waals surface area (Å²) in [6.07, 6.45) is 0. The number of aryl methyl sites for hydroxylation is 1. The molecule has 0 N–H and O–H groups in total. The second-order valence-electron chi connectivity index (χ2n) is 3.02. The lowest BCUT2D eigenvalue weighted by atomic mass is 10.2. The molecule has 2 rings (SSSR count). The Kier molecular flexibility index (Phi) is 2.25. The number of hydrogen-bond donors (Lipinski definition) is 0. The maximum Gasteiger partial charge on any atom is 0.356 e. The van der Waals surface area contributed by atoms with Gasteiger partial charge in [-0.3, -0.25) is 0 Å². The monoisotopic (exact) mass is 228 g/mol. The van der Waals surface area contributed by atoms with E-state index in [1.54, 1.807) is 6.07 Å². The van der Waals surface area contributed by atoms with Crippen molar-refractivity contribution in [3.05, 3.63) is 44.2 Å². The van der Waals surface area contributed by atoms with Crippen LogP contribution in [-0.4, -0.2) is 0 Å². The molecule has 2 nitrogen and oxygen atoms in total. The van der Waals surface area contributed by atoms with Gasteiger partial charge in [0, 0.05) is 5.39 Å². The van der Waals surface area contributed by atoms with E-state index in [9.17, 15) is 4.79 Å². The van der Waals surface area contributed by atoms with Gasteiger partial charge in [0.1, 0.15) is 10.6 Å². The Morgan fingerprint density at radius 2 is 1.93 bits per heavy atom. The standard InChI is InChI=1S/C10H6Cl2O2/c1-5-2-3-7-6(4-5)8(11)9(12)10(13)14-7/h2-4H,1H3. The number of hydrogen-bond acceptors (Lipinski definition) is 2. The molecule has 0 aliphatic heterocycles. The number of halogens is 2. The highest BCUT2D eigenvalue weighted by molar-refractivity contribution is 6.44. The van der Waals surface area contributed by atoms with Gasteiger partial charge in [0.15, 0.2) is 0 Å². The summed E-state index contributed by atoms with van der Waals surface area (Å²) in [7, 11) is 0. The largest absolute Gasteiger partial charge is 0.422 e. The molecule has 0 spiro atoms. The summed E-state index contributed by atoms with van der Waals surface area (Å²) in [5, 5.41) is 0.850. The fourth-order valence-corrected chi connectivity index (χ4v) is 1.62. The van der Waals surface area contributed by atoms with Crippen LogP contribution < -0.4 is 5.63 Å². The topological polar surface area (TPSA) is 30.2 Å². The lowest BCUT2D eigenvalue weighted by molar-refractivity contribution is 0.561. The Balaban J connectivity index is 2.99. The van der Waals surface area contributed by atoms with Crippen LogP contribution in [0.3, 0.4) is 0 Å². The van der Waals surface area contributed by atoms with Crippen LogP contribution in [0.1, 0.15) is 5.56 Å². The Hall–Kier alpha value is -0.990. The van der Waals surface area contributed by atoms with Crippen molar-refractivity contribution in [2.45, 2.75) is 6.92 Å². The second kappa shape index (κ2) is 3.30. The van der Waals surface area contributed by atoms with Gasteiger partial charge in [0.25, 0.3) is 0 Å². The van der Waals surface area contributed by atoms with Crippen LogP contribution in [0.25, 0.3) is 11.0 Å². The molecule has 0 saturated heterocycles. The summed E-state index contributed by atoms with van der Waals surface area (Å²) < 4.78 is 4.96. The molecule has 1 aromatic carbocycles. The van der Waals surface area contributed by atoms with E-state index in [1.165, 1.54) is 0 Å². The molecule has 0 unspecified atom stereocenters. The van der Waals surface area contributed by atoms with Crippen molar-refractivity contribution >= 4 is 34.2 Å². The van der Waals surface area contributed by atoms with Gasteiger partial charge in [-0.15, -0.1) is 0 Å². The first kappa shape index (κ1) is 9.56. The molecular formula is C10H6Cl2O2. The molecule has 4 heteroatoms. The molecular weight excluding hydrogens is 223 g/mol. The first-order chi connectivity index (χ1) is 6.59. The smallest absolute Gasteiger partial charge is 0.356 e. The van der Waals surface area contributed by atoms with Crippen LogP contribution in [0.2, 0.25) is 10.0 Å². The summed E-state index contributed by atoms with van der Waals surface area (Å²) in [6, 6.07) is 5.37. The van der Waals surface area contributed by atoms with E-state index in [1.807, 2.05) is 19.1 Å². The molecule has 0 aliphatic rings. The van der Waals surface area contributed by atoms with Gasteiger partial charge in [-0.1, -0.05) is 34.8 Å². The van der Waals surface area contributed by atoms with Crippen molar-refractivity contribution in [3.63, 3.8) is 0 Å². The second-order valence-corrected chi connectivity index (χ2v) is 3.77. The van der Waals surface area contributed by atoms with Crippen molar-refractivity contribution < 1.29 is 4.42 Å². The molecule has 0 amide bonds. The zero-order valence-electron chi connectivity index (χ0n) is 7.30. The minimum absolute atomic E-state index is 0.0650. The van der Waals surface area contributed by atoms with Crippen LogP contribution in [0.15, 0.2) is 27.4 Å². The molecule has 0 fully saturated rings. The zero-order chi connectivity index (χ0) is 10.3. The maximum absolute atomic E-state index is 11.2. The third-order valence-electron chi connectivity index (χ3n) is 1.95. The zero-order valence-corrected chi connectivity index (χ0v) is 8.82. The minimum Gasteiger partial charge on any atom is -0.422 e. The van der Waals surface area contributed by atoms with Crippen molar-refractivity contribution in [2.24, 2.45) is 0 Å². The molecule has 72 valence electrons. The molecule has 14 heavy (non-hydrogen) atoms. The summed E-state index contributed by atoms with van der Waals surface area (Å²) >= 11 is 11.6. The first-order valence-corrected chi connectivity index (χ1v) is 4.73. The van der Waals surface area contributed by atoms with Crippen LogP contribution in [0, 0.1) is 6.92 Å². The predicted molar refractivity (Wildman–Crippen MR) is 57.2 cm³/mol. The van der Waals surface area contributed by atoms with Crippen molar-refractivity contribution in [3.8, 4) is 0 Å². The first-order valence-electron chi connectivity index (χ1n) is 3.98. The molecule has 0 saturated carbocycles. The van der Waals surface area contributed by atoms with E-state index in [-0.39, 0.29) is 10.0 Å². The summed E-state index contributed by atoms with van der Waals surface area (Å²) in [5.74, 6) is 0. The van der Waals surface area contributed by atoms with Gasteiger partial charge in [-0.2, -0.15) is 0 Å². The normalized spacial score (nSPS) is 10.8. The summed E-state index contributed by atoms with van der Waals surface area (Å²) in [4.78, 5) is 11.2. The Morgan fingerprint density at radius 3 is 2.64 bits per heavy atom. The maximum atomic E-state index is 11.2. The average molecular weight is 229 g/mol. The molecule has 2 aromatic rings. The van der Waals surface area contributed by atoms with Crippen molar-refractivity contribution in [1.82, 2.24) is 0 Å². The van der Waals surface area contributed by atoms with Crippen LogP contribution in [0.5, 0.6) is 0 Å². The van der Waals surface area contributed by atoms with E-state index >= 15 is 0 Å². The van der Waals surface area contributed by atoms with E-state index in [2.05, 4.69) is 0 Å². The van der Waals surface area contributed by atoms with Gasteiger partial charge >= 0.3 is 5.63 Å². The minimum atomic E-state index is -0.604. The SMILES string of the molecule is Cc1ccc2oc(=O)c(Cl)c(Cl)c2c1. The summed E-state index contributed by atoms with van der Waals surface area (Å²) in [5.41, 5.74) is 0.882. The van der Waals surface area contributed by atoms with Gasteiger partial charge in [-0.25, -0.2) is 4.79 Å². The molecule has 0 bridgehead atoms. The van der Waals surface area contributed by atoms with Gasteiger partial charge in [0.2, 0.25) is 0 Å². The van der Waals surface area contributed by atoms with Gasteiger partial charge in [-0.05, 0) is 19.1 Å². The van der Waals surface area contributed by atoms with E-state index in [0.29, 0.717) is 11.0 Å². The van der Waals surface area contributed by atoms with Crippen LogP contribution in [-0.2, 0) is 0 Å². The summed E-state index contributed by atoms with van der Waals surface area (Å²) in [6.45, 7) is 1.93. The highest BCUT2D eigenvalue weighted by atomic mass is 35.5. The third kappa shape index (κ3) is 1.41. The fourth-order valence-electron chi connectivity index (χ4n) is 1.26. The van der Waals surface area contributed by atoms with Gasteiger partial charge < -0.3 is 4.42 Å². The lowest BCUT2D eigenvalue weighted by Crippen LogP contribution is -1.99. The molecule has 1 heterocycles. The molecule has 1 aromatic heterocycles. The van der Waals surface area contributed by atoms with E-state index < -0.39 is 5.63 Å². The number of benzene rings is 1. The fraction of sp³-hybridized carbons (Fsp3) is 0.100. The molecule has 0 atom stereocenters. The third-order valence-corrected chi connectivity index (χ3v) is 2.78. The Morgan fingerprint density at radius 1 is 1.21 bits per heavy atom. The quantitative estimate of drug-likeness (QED) is 0.648. The Bertz CT molecular complexity index is 558. The highest BCUT2D eigenvalue weighted by Crippen LogP contribution is 2.28. The number of fused-ring (bicyclic) bond motifs is 1. The van der Waals surface area contributed by atoms with Crippen LogP contribution >= 0.6 is 23.2 Å². The van der Waals surface area contributed by atoms with E-state index in [4.69, 9.17) is 27.6 Å². The highest BCUT2D eigenvalue weighted by Gasteiger charge is 2.10. The number of rotatable bonds is 0. The molecule has 0 radical (unpaired) electrons. The van der Waals surface area contributed by atoms with E-state index in [0.717, 1.165) is 5.56 Å². The lowest BCUT2D eigenvalue weighted by Gasteiger charge is -2.01.